The minimum atomic E-state index is -0.319. The first-order chi connectivity index (χ1) is 13.5. The number of fused-ring (bicyclic) bond motifs is 1. The second-order valence-electron chi connectivity index (χ2n) is 6.27. The summed E-state index contributed by atoms with van der Waals surface area (Å²) in [5.41, 5.74) is 8.28. The van der Waals surface area contributed by atoms with E-state index < -0.39 is 0 Å². The lowest BCUT2D eigenvalue weighted by Crippen LogP contribution is -2.17. The molecule has 0 atom stereocenters. The summed E-state index contributed by atoms with van der Waals surface area (Å²) in [5.74, 6) is 0.326. The summed E-state index contributed by atoms with van der Waals surface area (Å²) in [7, 11) is 1.56. The number of benzene rings is 2. The fourth-order valence-electron chi connectivity index (χ4n) is 3.02. The molecule has 7 nitrogen and oxygen atoms in total. The molecular formula is C21H18N4O3. The molecule has 2 heterocycles. The third kappa shape index (κ3) is 3.21. The van der Waals surface area contributed by atoms with E-state index in [2.05, 4.69) is 10.3 Å². The minimum absolute atomic E-state index is 0.209. The highest BCUT2D eigenvalue weighted by atomic mass is 16.5. The molecule has 0 aliphatic carbocycles. The molecule has 28 heavy (non-hydrogen) atoms. The smallest absolute Gasteiger partial charge is 0.272 e. The van der Waals surface area contributed by atoms with Gasteiger partial charge in [-0.25, -0.2) is 0 Å². The summed E-state index contributed by atoms with van der Waals surface area (Å²) in [6, 6.07) is 18.9. The van der Waals surface area contributed by atoms with Crippen LogP contribution >= 0.6 is 0 Å². The number of pyridine rings is 1. The maximum absolute atomic E-state index is 12.7. The van der Waals surface area contributed by atoms with E-state index in [1.165, 1.54) is 10.6 Å². The molecule has 0 aliphatic heterocycles. The average molecular weight is 374 g/mol. The van der Waals surface area contributed by atoms with E-state index in [1.54, 1.807) is 67.8 Å². The van der Waals surface area contributed by atoms with Gasteiger partial charge in [0, 0.05) is 28.9 Å². The number of aromatic amines is 1. The Hall–Kier alpha value is -4.00. The van der Waals surface area contributed by atoms with E-state index in [0.29, 0.717) is 34.2 Å². The van der Waals surface area contributed by atoms with Gasteiger partial charge in [0.1, 0.15) is 17.1 Å². The maximum Gasteiger partial charge on any atom is 0.272 e. The second kappa shape index (κ2) is 6.96. The number of nitrogens with two attached hydrogens (primary N) is 1. The van der Waals surface area contributed by atoms with Gasteiger partial charge in [-0.3, -0.25) is 14.2 Å². The molecule has 0 unspecified atom stereocenters. The number of anilines is 2. The van der Waals surface area contributed by atoms with Crippen LogP contribution in [0.1, 0.15) is 10.5 Å². The van der Waals surface area contributed by atoms with Crippen molar-refractivity contribution >= 4 is 28.3 Å². The topological polar surface area (TPSA) is 102 Å². The van der Waals surface area contributed by atoms with Crippen LogP contribution in [0.25, 0.3) is 16.7 Å². The molecular weight excluding hydrogens is 356 g/mol. The molecule has 0 spiro atoms. The van der Waals surface area contributed by atoms with Crippen LogP contribution in [0.15, 0.2) is 71.5 Å². The van der Waals surface area contributed by atoms with Crippen LogP contribution in [-0.4, -0.2) is 22.6 Å². The van der Waals surface area contributed by atoms with Gasteiger partial charge in [-0.15, -0.1) is 0 Å². The number of amides is 1. The molecule has 7 heteroatoms. The molecule has 2 aromatic carbocycles. The van der Waals surface area contributed by atoms with E-state index in [4.69, 9.17) is 10.5 Å². The normalized spacial score (nSPS) is 10.8. The number of carbonyl (C=O) groups excluding carboxylic acids is 1. The third-order valence-electron chi connectivity index (χ3n) is 4.40. The van der Waals surface area contributed by atoms with Gasteiger partial charge in [-0.2, -0.15) is 0 Å². The van der Waals surface area contributed by atoms with Gasteiger partial charge in [0.25, 0.3) is 11.5 Å². The number of rotatable bonds is 4. The van der Waals surface area contributed by atoms with Gasteiger partial charge in [0.05, 0.1) is 12.8 Å². The Morgan fingerprint density at radius 1 is 1.07 bits per heavy atom. The van der Waals surface area contributed by atoms with E-state index >= 15 is 0 Å². The van der Waals surface area contributed by atoms with Crippen molar-refractivity contribution in [2.24, 2.45) is 0 Å². The zero-order valence-corrected chi connectivity index (χ0v) is 15.1. The van der Waals surface area contributed by atoms with Crippen LogP contribution in [0.4, 0.5) is 11.4 Å². The Bertz CT molecular complexity index is 1220. The number of nitrogen functional groups attached to an aromatic ring is 1. The SMILES string of the molecule is COc1cccc(NC(=O)c2cc3ccc(=O)n(-c4ccc(N)cc4)c3[nH]2)c1. The molecule has 0 bridgehead atoms. The molecule has 1 amide bonds. The van der Waals surface area contributed by atoms with Gasteiger partial charge in [0.2, 0.25) is 0 Å². The summed E-state index contributed by atoms with van der Waals surface area (Å²) < 4.78 is 6.68. The molecule has 0 saturated heterocycles. The number of hydrogen-bond donors (Lipinski definition) is 3. The van der Waals surface area contributed by atoms with Crippen molar-refractivity contribution in [3.8, 4) is 11.4 Å². The van der Waals surface area contributed by atoms with E-state index in [-0.39, 0.29) is 11.5 Å². The highest BCUT2D eigenvalue weighted by molar-refractivity contribution is 6.05. The predicted molar refractivity (Wildman–Crippen MR) is 109 cm³/mol. The predicted octanol–water partition coefficient (Wildman–Crippen LogP) is 3.16. The number of H-pyrrole nitrogens is 1. The Morgan fingerprint density at radius 3 is 2.61 bits per heavy atom. The van der Waals surface area contributed by atoms with Crippen LogP contribution in [0, 0.1) is 0 Å². The van der Waals surface area contributed by atoms with Gasteiger partial charge in [-0.1, -0.05) is 6.07 Å². The molecule has 0 aliphatic rings. The van der Waals surface area contributed by atoms with Crippen molar-refractivity contribution in [2.45, 2.75) is 0 Å². The number of aromatic nitrogens is 2. The molecule has 4 N–H and O–H groups in total. The Kier molecular flexibility index (Phi) is 4.33. The average Bonchev–Trinajstić information content (AvgIpc) is 3.13. The largest absolute Gasteiger partial charge is 0.497 e. The van der Waals surface area contributed by atoms with Crippen LogP contribution in [0.5, 0.6) is 5.75 Å². The monoisotopic (exact) mass is 374 g/mol. The second-order valence-corrected chi connectivity index (χ2v) is 6.27. The first-order valence-electron chi connectivity index (χ1n) is 8.61. The number of carbonyl (C=O) groups is 1. The summed E-state index contributed by atoms with van der Waals surface area (Å²) >= 11 is 0. The highest BCUT2D eigenvalue weighted by Crippen LogP contribution is 2.21. The lowest BCUT2D eigenvalue weighted by Gasteiger charge is -2.08. The fourth-order valence-corrected chi connectivity index (χ4v) is 3.02. The van der Waals surface area contributed by atoms with Crippen LogP contribution in [0.2, 0.25) is 0 Å². The van der Waals surface area contributed by atoms with Crippen molar-refractivity contribution in [1.82, 2.24) is 9.55 Å². The molecule has 4 rings (SSSR count). The molecule has 0 fully saturated rings. The standard InChI is InChI=1S/C21H18N4O3/c1-28-17-4-2-3-15(12-17)23-21(27)18-11-13-5-10-19(26)25(20(13)24-18)16-8-6-14(22)7-9-16/h2-12,24H,22H2,1H3,(H,23,27). The minimum Gasteiger partial charge on any atom is -0.497 e. The van der Waals surface area contributed by atoms with E-state index in [0.717, 1.165) is 5.39 Å². The van der Waals surface area contributed by atoms with Gasteiger partial charge < -0.3 is 20.8 Å². The molecule has 140 valence electrons. The molecule has 2 aromatic heterocycles. The summed E-state index contributed by atoms with van der Waals surface area (Å²) in [4.78, 5) is 28.2. The molecule has 0 radical (unpaired) electrons. The fraction of sp³-hybridized carbons (Fsp3) is 0.0476. The van der Waals surface area contributed by atoms with Gasteiger partial charge >= 0.3 is 0 Å². The number of hydrogen-bond acceptors (Lipinski definition) is 4. The highest BCUT2D eigenvalue weighted by Gasteiger charge is 2.14. The number of ether oxygens (including phenoxy) is 1. The number of methoxy groups -OCH3 is 1. The van der Waals surface area contributed by atoms with Crippen LogP contribution in [0.3, 0.4) is 0 Å². The first-order valence-corrected chi connectivity index (χ1v) is 8.61. The van der Waals surface area contributed by atoms with Crippen molar-refractivity contribution in [2.75, 3.05) is 18.2 Å². The summed E-state index contributed by atoms with van der Waals surface area (Å²) in [6.45, 7) is 0. The zero-order chi connectivity index (χ0) is 19.7. The Morgan fingerprint density at radius 2 is 1.86 bits per heavy atom. The van der Waals surface area contributed by atoms with Crippen LogP contribution < -0.4 is 21.3 Å². The molecule has 4 aromatic rings. The Balaban J connectivity index is 1.73. The van der Waals surface area contributed by atoms with Crippen LogP contribution in [-0.2, 0) is 0 Å². The Labute approximate surface area is 160 Å². The lowest BCUT2D eigenvalue weighted by molar-refractivity contribution is 0.102. The maximum atomic E-state index is 12.7. The first kappa shape index (κ1) is 17.4. The van der Waals surface area contributed by atoms with Gasteiger partial charge in [-0.05, 0) is 48.5 Å². The zero-order valence-electron chi connectivity index (χ0n) is 15.1. The molecule has 0 saturated carbocycles. The van der Waals surface area contributed by atoms with E-state index in [1.807, 2.05) is 0 Å². The third-order valence-corrected chi connectivity index (χ3v) is 4.40. The van der Waals surface area contributed by atoms with Crippen molar-refractivity contribution < 1.29 is 9.53 Å². The van der Waals surface area contributed by atoms with Crippen molar-refractivity contribution in [1.29, 1.82) is 0 Å². The summed E-state index contributed by atoms with van der Waals surface area (Å²) in [6.07, 6.45) is 0. The number of nitrogens with zero attached hydrogens (tertiary/aromatic N) is 1. The summed E-state index contributed by atoms with van der Waals surface area (Å²) in [5, 5.41) is 3.56. The van der Waals surface area contributed by atoms with Crippen molar-refractivity contribution in [3.05, 3.63) is 82.8 Å². The van der Waals surface area contributed by atoms with Gasteiger partial charge in [0.15, 0.2) is 0 Å². The lowest BCUT2D eigenvalue weighted by atomic mass is 10.2. The quantitative estimate of drug-likeness (QED) is 0.478. The van der Waals surface area contributed by atoms with Crippen molar-refractivity contribution in [3.63, 3.8) is 0 Å². The van der Waals surface area contributed by atoms with E-state index in [9.17, 15) is 9.59 Å². The number of nitrogens with one attached hydrogen (secondary N) is 2.